The van der Waals surface area contributed by atoms with Crippen molar-refractivity contribution in [1.82, 2.24) is 10.2 Å². The number of rotatable bonds is 7. The van der Waals surface area contributed by atoms with E-state index in [0.717, 1.165) is 18.0 Å². The average molecular weight is 376 g/mol. The van der Waals surface area contributed by atoms with E-state index in [1.54, 1.807) is 24.3 Å². The van der Waals surface area contributed by atoms with E-state index in [0.29, 0.717) is 11.5 Å². The van der Waals surface area contributed by atoms with Gasteiger partial charge in [0.1, 0.15) is 5.75 Å². The van der Waals surface area contributed by atoms with Gasteiger partial charge in [-0.05, 0) is 69.3 Å². The molecule has 0 unspecified atom stereocenters. The van der Waals surface area contributed by atoms with Crippen LogP contribution >= 0.6 is 0 Å². The largest absolute Gasteiger partial charge is 0.491 e. The van der Waals surface area contributed by atoms with Gasteiger partial charge in [-0.1, -0.05) is 18.2 Å². The number of nitrogens with zero attached hydrogens (tertiary/aromatic N) is 3. The Balaban J connectivity index is 1.68. The third-order valence-electron chi connectivity index (χ3n) is 4.03. The zero-order chi connectivity index (χ0) is 19.9. The molecule has 1 amide bonds. The maximum atomic E-state index is 12.4. The van der Waals surface area contributed by atoms with Crippen molar-refractivity contribution in [2.24, 2.45) is 0 Å². The monoisotopic (exact) mass is 376 g/mol. The summed E-state index contributed by atoms with van der Waals surface area (Å²) < 4.78 is 5.60. The number of ether oxygens (including phenoxy) is 1. The van der Waals surface area contributed by atoms with Crippen LogP contribution in [0.25, 0.3) is 0 Å². The van der Waals surface area contributed by atoms with Gasteiger partial charge in [-0.25, -0.2) is 0 Å². The number of amides is 1. The summed E-state index contributed by atoms with van der Waals surface area (Å²) in [6, 6.07) is 20.7. The first-order valence-electron chi connectivity index (χ1n) is 9.31. The predicted molar refractivity (Wildman–Crippen MR) is 111 cm³/mol. The van der Waals surface area contributed by atoms with Crippen LogP contribution in [0, 0.1) is 0 Å². The number of aromatic nitrogens is 2. The number of anilines is 3. The van der Waals surface area contributed by atoms with Gasteiger partial charge in [-0.3, -0.25) is 4.79 Å². The summed E-state index contributed by atoms with van der Waals surface area (Å²) in [7, 11) is 0. The second-order valence-corrected chi connectivity index (χ2v) is 6.50. The molecular weight excluding hydrogens is 352 g/mol. The Morgan fingerprint density at radius 1 is 1.00 bits per heavy atom. The molecule has 6 nitrogen and oxygen atoms in total. The average Bonchev–Trinajstić information content (AvgIpc) is 2.71. The molecule has 0 aliphatic heterocycles. The Hall–Kier alpha value is -3.41. The van der Waals surface area contributed by atoms with E-state index in [9.17, 15) is 4.79 Å². The second kappa shape index (κ2) is 8.99. The van der Waals surface area contributed by atoms with Crippen molar-refractivity contribution < 1.29 is 9.53 Å². The molecule has 0 aliphatic carbocycles. The molecule has 0 radical (unpaired) electrons. The first-order chi connectivity index (χ1) is 13.6. The maximum absolute atomic E-state index is 12.4. The standard InChI is InChI=1S/C22H24N4O2/c1-4-26(18-8-6-5-7-9-18)21-15-14-20(24-25-21)22(27)23-17-10-12-19(13-11-17)28-16(2)3/h5-16H,4H2,1-3H3,(H,23,27). The molecule has 3 aromatic rings. The van der Waals surface area contributed by atoms with E-state index in [-0.39, 0.29) is 17.7 Å². The molecule has 0 saturated carbocycles. The minimum atomic E-state index is -0.306. The van der Waals surface area contributed by atoms with E-state index in [1.165, 1.54) is 0 Å². The molecule has 1 N–H and O–H groups in total. The fourth-order valence-electron chi connectivity index (χ4n) is 2.76. The molecule has 28 heavy (non-hydrogen) atoms. The molecule has 1 heterocycles. The van der Waals surface area contributed by atoms with Crippen molar-refractivity contribution in [3.8, 4) is 5.75 Å². The van der Waals surface area contributed by atoms with Crippen LogP contribution in [-0.2, 0) is 0 Å². The normalized spacial score (nSPS) is 10.6. The van der Waals surface area contributed by atoms with Crippen LogP contribution in [-0.4, -0.2) is 28.8 Å². The van der Waals surface area contributed by atoms with E-state index in [4.69, 9.17) is 4.74 Å². The maximum Gasteiger partial charge on any atom is 0.276 e. The van der Waals surface area contributed by atoms with Crippen LogP contribution in [0.3, 0.4) is 0 Å². The van der Waals surface area contributed by atoms with Gasteiger partial charge in [0.05, 0.1) is 6.10 Å². The van der Waals surface area contributed by atoms with Gasteiger partial charge in [-0.15, -0.1) is 10.2 Å². The molecule has 0 saturated heterocycles. The topological polar surface area (TPSA) is 67.4 Å². The zero-order valence-electron chi connectivity index (χ0n) is 16.3. The van der Waals surface area contributed by atoms with E-state index in [1.807, 2.05) is 68.1 Å². The van der Waals surface area contributed by atoms with Crippen LogP contribution in [0.2, 0.25) is 0 Å². The van der Waals surface area contributed by atoms with Gasteiger partial charge in [0.25, 0.3) is 5.91 Å². The molecule has 0 atom stereocenters. The Labute approximate surface area is 165 Å². The van der Waals surface area contributed by atoms with Gasteiger partial charge in [0, 0.05) is 17.9 Å². The van der Waals surface area contributed by atoms with Gasteiger partial charge in [-0.2, -0.15) is 0 Å². The van der Waals surface area contributed by atoms with Crippen molar-refractivity contribution in [3.63, 3.8) is 0 Å². The van der Waals surface area contributed by atoms with Crippen LogP contribution < -0.4 is 15.0 Å². The van der Waals surface area contributed by atoms with Crippen molar-refractivity contribution >= 4 is 23.1 Å². The highest BCUT2D eigenvalue weighted by molar-refractivity contribution is 6.02. The Bertz CT molecular complexity index is 894. The number of para-hydroxylation sites is 1. The zero-order valence-corrected chi connectivity index (χ0v) is 16.3. The summed E-state index contributed by atoms with van der Waals surface area (Å²) in [6.45, 7) is 6.72. The molecule has 0 bridgehead atoms. The lowest BCUT2D eigenvalue weighted by molar-refractivity contribution is 0.102. The number of hydrogen-bond donors (Lipinski definition) is 1. The minimum Gasteiger partial charge on any atom is -0.491 e. The predicted octanol–water partition coefficient (Wildman–Crippen LogP) is 4.67. The SMILES string of the molecule is CCN(c1ccccc1)c1ccc(C(=O)Nc2ccc(OC(C)C)cc2)nn1. The van der Waals surface area contributed by atoms with E-state index >= 15 is 0 Å². The summed E-state index contributed by atoms with van der Waals surface area (Å²) >= 11 is 0. The van der Waals surface area contributed by atoms with Crippen LogP contribution in [0.5, 0.6) is 5.75 Å². The van der Waals surface area contributed by atoms with Gasteiger partial charge in [0.2, 0.25) is 0 Å². The molecular formula is C22H24N4O2. The van der Waals surface area contributed by atoms with Crippen molar-refractivity contribution in [3.05, 3.63) is 72.4 Å². The smallest absolute Gasteiger partial charge is 0.276 e. The number of carbonyl (C=O) groups excluding carboxylic acids is 1. The van der Waals surface area contributed by atoms with E-state index in [2.05, 4.69) is 15.5 Å². The number of hydrogen-bond acceptors (Lipinski definition) is 5. The molecule has 0 aliphatic rings. The minimum absolute atomic E-state index is 0.104. The molecule has 0 fully saturated rings. The highest BCUT2D eigenvalue weighted by Gasteiger charge is 2.12. The Kier molecular flexibility index (Phi) is 6.22. The highest BCUT2D eigenvalue weighted by atomic mass is 16.5. The number of carbonyl (C=O) groups is 1. The van der Waals surface area contributed by atoms with Gasteiger partial charge < -0.3 is 15.0 Å². The lowest BCUT2D eigenvalue weighted by Gasteiger charge is -2.21. The fraction of sp³-hybridized carbons (Fsp3) is 0.227. The van der Waals surface area contributed by atoms with Gasteiger partial charge >= 0.3 is 0 Å². The van der Waals surface area contributed by atoms with E-state index < -0.39 is 0 Å². The molecule has 0 spiro atoms. The first kappa shape index (κ1) is 19.4. The lowest BCUT2D eigenvalue weighted by atomic mass is 10.2. The van der Waals surface area contributed by atoms with Crippen molar-refractivity contribution in [2.75, 3.05) is 16.8 Å². The van der Waals surface area contributed by atoms with Crippen molar-refractivity contribution in [1.29, 1.82) is 0 Å². The molecule has 3 rings (SSSR count). The highest BCUT2D eigenvalue weighted by Crippen LogP contribution is 2.22. The summed E-state index contributed by atoms with van der Waals surface area (Å²) in [5.41, 5.74) is 1.96. The quantitative estimate of drug-likeness (QED) is 0.649. The Morgan fingerprint density at radius 3 is 2.29 bits per heavy atom. The molecule has 144 valence electrons. The van der Waals surface area contributed by atoms with Crippen molar-refractivity contribution in [2.45, 2.75) is 26.9 Å². The van der Waals surface area contributed by atoms with Crippen LogP contribution in [0.15, 0.2) is 66.7 Å². The fourth-order valence-corrected chi connectivity index (χ4v) is 2.76. The first-order valence-corrected chi connectivity index (χ1v) is 9.31. The number of benzene rings is 2. The molecule has 6 heteroatoms. The third kappa shape index (κ3) is 4.85. The number of nitrogens with one attached hydrogen (secondary N) is 1. The second-order valence-electron chi connectivity index (χ2n) is 6.50. The lowest BCUT2D eigenvalue weighted by Crippen LogP contribution is -2.19. The summed E-state index contributed by atoms with van der Waals surface area (Å²) in [6.07, 6.45) is 0.104. The molecule has 1 aromatic heterocycles. The third-order valence-corrected chi connectivity index (χ3v) is 4.03. The van der Waals surface area contributed by atoms with Crippen LogP contribution in [0.1, 0.15) is 31.3 Å². The molecule has 2 aromatic carbocycles. The van der Waals surface area contributed by atoms with Gasteiger partial charge in [0.15, 0.2) is 11.5 Å². The summed E-state index contributed by atoms with van der Waals surface area (Å²) in [5, 5.41) is 11.2. The summed E-state index contributed by atoms with van der Waals surface area (Å²) in [4.78, 5) is 14.5. The van der Waals surface area contributed by atoms with Crippen LogP contribution in [0.4, 0.5) is 17.2 Å². The summed E-state index contributed by atoms with van der Waals surface area (Å²) in [5.74, 6) is 1.15. The Morgan fingerprint density at radius 2 is 1.71 bits per heavy atom.